The molecule has 3 nitrogen and oxygen atoms in total. The highest BCUT2D eigenvalue weighted by Crippen LogP contribution is 2.66. The van der Waals surface area contributed by atoms with E-state index in [1.54, 1.807) is 0 Å². The van der Waals surface area contributed by atoms with Crippen molar-refractivity contribution in [3.8, 4) is 0 Å². The van der Waals surface area contributed by atoms with E-state index in [-0.39, 0.29) is 12.7 Å². The van der Waals surface area contributed by atoms with Crippen LogP contribution in [0.4, 0.5) is 0 Å². The van der Waals surface area contributed by atoms with Crippen LogP contribution in [0.5, 0.6) is 0 Å². The summed E-state index contributed by atoms with van der Waals surface area (Å²) in [6.45, 7) is 12.7. The molecule has 0 aromatic rings. The molecule has 3 saturated carbocycles. The zero-order valence-corrected chi connectivity index (χ0v) is 14.6. The first-order chi connectivity index (χ1) is 9.79. The lowest BCUT2D eigenvalue weighted by Gasteiger charge is -2.64. The monoisotopic (exact) mass is 293 g/mol. The molecule has 1 N–H and O–H groups in total. The lowest BCUT2D eigenvalue weighted by atomic mass is 9.43. The molecule has 0 unspecified atom stereocenters. The van der Waals surface area contributed by atoms with Crippen LogP contribution in [-0.4, -0.2) is 32.4 Å². The summed E-state index contributed by atoms with van der Waals surface area (Å²) in [7, 11) is 2.00. The van der Waals surface area contributed by atoms with Crippen LogP contribution in [0.3, 0.4) is 0 Å². The number of hydrogen-bond donors (Lipinski definition) is 1. The third-order valence-corrected chi connectivity index (χ3v) is 6.59. The van der Waals surface area contributed by atoms with Gasteiger partial charge in [0.05, 0.1) is 11.7 Å². The van der Waals surface area contributed by atoms with Gasteiger partial charge in [-0.25, -0.2) is 0 Å². The molecule has 0 spiro atoms. The van der Waals surface area contributed by atoms with Gasteiger partial charge in [0.1, 0.15) is 0 Å². The van der Waals surface area contributed by atoms with Gasteiger partial charge in [0.2, 0.25) is 0 Å². The van der Waals surface area contributed by atoms with Crippen molar-refractivity contribution in [3.63, 3.8) is 0 Å². The zero-order valence-electron chi connectivity index (χ0n) is 14.6. The predicted molar refractivity (Wildman–Crippen MR) is 87.2 cm³/mol. The molecule has 1 saturated heterocycles. The number of rotatable bonds is 5. The molecule has 1 heterocycles. The Hall–Kier alpha value is -0.0551. The van der Waals surface area contributed by atoms with Crippen LogP contribution in [-0.2, 0) is 9.31 Å². The maximum atomic E-state index is 6.59. The molecule has 120 valence electrons. The molecular formula is C17H32BNO2. The smallest absolute Gasteiger partial charge is 0.405 e. The van der Waals surface area contributed by atoms with Gasteiger partial charge in [-0.15, -0.1) is 0 Å². The molecule has 5 atom stereocenters. The Morgan fingerprint density at radius 1 is 1.24 bits per heavy atom. The van der Waals surface area contributed by atoms with E-state index in [1.165, 1.54) is 12.8 Å². The van der Waals surface area contributed by atoms with E-state index >= 15 is 0 Å². The molecule has 0 aromatic carbocycles. The maximum absolute atomic E-state index is 6.59. The van der Waals surface area contributed by atoms with E-state index < -0.39 is 0 Å². The van der Waals surface area contributed by atoms with Crippen LogP contribution in [0.1, 0.15) is 53.9 Å². The topological polar surface area (TPSA) is 30.5 Å². The average Bonchev–Trinajstić information content (AvgIpc) is 2.74. The van der Waals surface area contributed by atoms with Gasteiger partial charge in [0.15, 0.2) is 0 Å². The van der Waals surface area contributed by atoms with Gasteiger partial charge >= 0.3 is 7.12 Å². The van der Waals surface area contributed by atoms with Gasteiger partial charge in [-0.1, -0.05) is 27.7 Å². The molecule has 2 bridgehead atoms. The van der Waals surface area contributed by atoms with Gasteiger partial charge in [-0.05, 0) is 62.9 Å². The first kappa shape index (κ1) is 15.8. The fourth-order valence-corrected chi connectivity index (χ4v) is 5.26. The largest absolute Gasteiger partial charge is 0.462 e. The van der Waals surface area contributed by atoms with E-state index in [2.05, 4.69) is 39.9 Å². The third kappa shape index (κ3) is 2.38. The zero-order chi connectivity index (χ0) is 15.4. The molecule has 1 aliphatic heterocycles. The minimum Gasteiger partial charge on any atom is -0.405 e. The molecule has 21 heavy (non-hydrogen) atoms. The quantitative estimate of drug-likeness (QED) is 0.789. The Labute approximate surface area is 130 Å². The molecule has 0 radical (unpaired) electrons. The van der Waals surface area contributed by atoms with E-state index in [1.807, 2.05) is 7.05 Å². The summed E-state index contributed by atoms with van der Waals surface area (Å²) in [6.07, 6.45) is 3.98. The van der Waals surface area contributed by atoms with E-state index in [0.717, 1.165) is 18.9 Å². The van der Waals surface area contributed by atoms with Crippen LogP contribution in [0.15, 0.2) is 0 Å². The first-order valence-corrected chi connectivity index (χ1v) is 8.77. The summed E-state index contributed by atoms with van der Waals surface area (Å²) in [4.78, 5) is 0. The number of hydrogen-bond acceptors (Lipinski definition) is 3. The Morgan fingerprint density at radius 2 is 1.95 bits per heavy atom. The van der Waals surface area contributed by atoms with Crippen molar-refractivity contribution in [1.82, 2.24) is 5.32 Å². The minimum absolute atomic E-state index is 0.0231. The molecule has 4 aliphatic rings. The lowest BCUT2D eigenvalue weighted by molar-refractivity contribution is -0.199. The Balaban J connectivity index is 1.74. The third-order valence-electron chi connectivity index (χ3n) is 6.59. The van der Waals surface area contributed by atoms with Gasteiger partial charge in [0, 0.05) is 5.82 Å². The van der Waals surface area contributed by atoms with Crippen LogP contribution < -0.4 is 5.32 Å². The minimum atomic E-state index is -0.0636. The molecule has 0 aromatic heterocycles. The van der Waals surface area contributed by atoms with Crippen molar-refractivity contribution in [2.45, 2.75) is 71.4 Å². The maximum Gasteiger partial charge on any atom is 0.462 e. The summed E-state index contributed by atoms with van der Waals surface area (Å²) in [5.74, 6) is 2.62. The Morgan fingerprint density at radius 3 is 2.52 bits per heavy atom. The Kier molecular flexibility index (Phi) is 3.95. The fraction of sp³-hybridized carbons (Fsp3) is 1.00. The van der Waals surface area contributed by atoms with Crippen LogP contribution >= 0.6 is 0 Å². The summed E-state index contributed by atoms with van der Waals surface area (Å²) < 4.78 is 13.0. The Bertz CT molecular complexity index is 400. The first-order valence-electron chi connectivity index (χ1n) is 8.77. The standard InChI is InChI=1S/C17H32BNO2/c1-11(2)7-13(10-19-6)18-20-15-9-12-8-14(16(12,3)4)17(15,5)21-18/h11-15,19H,7-10H2,1-6H3/t12-,13+,14-,15+,17-/m0/s1. The van der Waals surface area contributed by atoms with Crippen molar-refractivity contribution in [1.29, 1.82) is 0 Å². The van der Waals surface area contributed by atoms with Crippen molar-refractivity contribution in [3.05, 3.63) is 0 Å². The summed E-state index contributed by atoms with van der Waals surface area (Å²) >= 11 is 0. The highest BCUT2D eigenvalue weighted by molar-refractivity contribution is 6.47. The molecule has 4 fully saturated rings. The molecular weight excluding hydrogens is 261 g/mol. The van der Waals surface area contributed by atoms with Crippen LogP contribution in [0.2, 0.25) is 5.82 Å². The fourth-order valence-electron chi connectivity index (χ4n) is 5.26. The van der Waals surface area contributed by atoms with Gasteiger partial charge in [-0.2, -0.15) is 0 Å². The van der Waals surface area contributed by atoms with Gasteiger partial charge < -0.3 is 14.6 Å². The SMILES string of the molecule is CNC[C@@H](CC(C)C)B1O[C@@H]2C[C@@H]3C[C@@H](C3(C)C)[C@]2(C)O1. The number of nitrogens with one attached hydrogen (secondary N) is 1. The van der Waals surface area contributed by atoms with Crippen molar-refractivity contribution < 1.29 is 9.31 Å². The summed E-state index contributed by atoms with van der Waals surface area (Å²) in [5, 5.41) is 3.32. The summed E-state index contributed by atoms with van der Waals surface area (Å²) in [6, 6.07) is 0. The lowest BCUT2D eigenvalue weighted by Crippen LogP contribution is -2.65. The van der Waals surface area contributed by atoms with E-state index in [9.17, 15) is 0 Å². The van der Waals surface area contributed by atoms with Gasteiger partial charge in [0.25, 0.3) is 0 Å². The van der Waals surface area contributed by atoms with Crippen molar-refractivity contribution in [2.75, 3.05) is 13.6 Å². The van der Waals surface area contributed by atoms with Crippen LogP contribution in [0.25, 0.3) is 0 Å². The second-order valence-electron chi connectivity index (χ2n) is 8.78. The highest BCUT2D eigenvalue weighted by Gasteiger charge is 2.68. The van der Waals surface area contributed by atoms with Crippen LogP contribution in [0, 0.1) is 23.2 Å². The molecule has 3 aliphatic carbocycles. The van der Waals surface area contributed by atoms with E-state index in [4.69, 9.17) is 9.31 Å². The molecule has 4 rings (SSSR count). The van der Waals surface area contributed by atoms with E-state index in [0.29, 0.717) is 29.2 Å². The van der Waals surface area contributed by atoms with Crippen molar-refractivity contribution >= 4 is 7.12 Å². The molecule has 0 amide bonds. The normalized spacial score (nSPS) is 41.9. The second-order valence-corrected chi connectivity index (χ2v) is 8.78. The van der Waals surface area contributed by atoms with Gasteiger partial charge in [-0.3, -0.25) is 0 Å². The second kappa shape index (κ2) is 5.24. The molecule has 4 heteroatoms. The van der Waals surface area contributed by atoms with Crippen molar-refractivity contribution in [2.24, 2.45) is 23.2 Å². The summed E-state index contributed by atoms with van der Waals surface area (Å²) in [5.41, 5.74) is 0.367. The highest BCUT2D eigenvalue weighted by atomic mass is 16.7. The predicted octanol–water partition coefficient (Wildman–Crippen LogP) is 3.35. The average molecular weight is 293 g/mol.